The minimum Gasteiger partial charge on any atom is -0.497 e. The highest BCUT2D eigenvalue weighted by Gasteiger charge is 2.26. The van der Waals surface area contributed by atoms with Crippen LogP contribution < -0.4 is 10.3 Å². The van der Waals surface area contributed by atoms with E-state index in [0.29, 0.717) is 34.9 Å². The molecule has 1 fully saturated rings. The highest BCUT2D eigenvalue weighted by Crippen LogP contribution is 2.30. The summed E-state index contributed by atoms with van der Waals surface area (Å²) >= 11 is 1.07. The van der Waals surface area contributed by atoms with Gasteiger partial charge in [-0.15, -0.1) is 0 Å². The van der Waals surface area contributed by atoms with Gasteiger partial charge in [0.2, 0.25) is 0 Å². The third kappa shape index (κ3) is 4.02. The molecule has 7 nitrogen and oxygen atoms in total. The molecule has 1 amide bonds. The lowest BCUT2D eigenvalue weighted by Gasteiger charge is -2.32. The van der Waals surface area contributed by atoms with Crippen LogP contribution in [0, 0.1) is 6.92 Å². The molecule has 2 aromatic carbocycles. The van der Waals surface area contributed by atoms with E-state index in [-0.39, 0.29) is 11.6 Å². The third-order valence-corrected chi connectivity index (χ3v) is 7.09. The molecule has 8 heteroatoms. The fourth-order valence-corrected chi connectivity index (χ4v) is 5.08. The van der Waals surface area contributed by atoms with E-state index in [4.69, 9.17) is 4.74 Å². The van der Waals surface area contributed by atoms with Crippen LogP contribution in [0.25, 0.3) is 21.5 Å². The summed E-state index contributed by atoms with van der Waals surface area (Å²) in [4.78, 5) is 32.4. The number of hydrogen-bond donors (Lipinski definition) is 0. The van der Waals surface area contributed by atoms with E-state index in [1.807, 2.05) is 24.3 Å². The summed E-state index contributed by atoms with van der Waals surface area (Å²) in [6, 6.07) is 15.7. The second kappa shape index (κ2) is 8.78. The number of rotatable bonds is 3. The second-order valence-corrected chi connectivity index (χ2v) is 9.09. The third-order valence-electron chi connectivity index (χ3n) is 6.27. The maximum Gasteiger partial charge on any atom is 0.332 e. The predicted molar refractivity (Wildman–Crippen MR) is 129 cm³/mol. The number of amides is 1. The van der Waals surface area contributed by atoms with Crippen LogP contribution in [0.5, 0.6) is 5.75 Å². The first-order valence-electron chi connectivity index (χ1n) is 10.9. The SMILES string of the molecule is COc1ccc(-c2nsc3c(=O)n(C(=O)N4CCC(c5ccc(C)cc5)CC4)cnc23)cc1. The van der Waals surface area contributed by atoms with Crippen molar-refractivity contribution in [2.24, 2.45) is 0 Å². The van der Waals surface area contributed by atoms with Crippen LogP contribution in [0.15, 0.2) is 59.7 Å². The van der Waals surface area contributed by atoms with Crippen molar-refractivity contribution in [1.29, 1.82) is 0 Å². The first-order valence-corrected chi connectivity index (χ1v) is 11.7. The van der Waals surface area contributed by atoms with Gasteiger partial charge < -0.3 is 9.64 Å². The second-order valence-electron chi connectivity index (χ2n) is 8.31. The summed E-state index contributed by atoms with van der Waals surface area (Å²) in [5.41, 5.74) is 4.17. The summed E-state index contributed by atoms with van der Waals surface area (Å²) in [5.74, 6) is 1.17. The Bertz CT molecular complexity index is 1350. The van der Waals surface area contributed by atoms with E-state index in [2.05, 4.69) is 40.5 Å². The van der Waals surface area contributed by atoms with Crippen molar-refractivity contribution in [3.05, 3.63) is 76.3 Å². The predicted octanol–water partition coefficient (Wildman–Crippen LogP) is 4.68. The molecule has 0 N–H and O–H groups in total. The van der Waals surface area contributed by atoms with Gasteiger partial charge in [-0.2, -0.15) is 4.37 Å². The molecule has 0 saturated carbocycles. The van der Waals surface area contributed by atoms with E-state index in [1.54, 1.807) is 12.0 Å². The summed E-state index contributed by atoms with van der Waals surface area (Å²) in [6.07, 6.45) is 3.09. The van der Waals surface area contributed by atoms with Gasteiger partial charge in [0.25, 0.3) is 5.56 Å². The van der Waals surface area contributed by atoms with Crippen LogP contribution in [0.1, 0.15) is 29.9 Å². The maximum absolute atomic E-state index is 13.1. The quantitative estimate of drug-likeness (QED) is 0.443. The average molecular weight is 461 g/mol. The summed E-state index contributed by atoms with van der Waals surface area (Å²) < 4.78 is 11.1. The number of hydrogen-bond acceptors (Lipinski definition) is 6. The summed E-state index contributed by atoms with van der Waals surface area (Å²) in [6.45, 7) is 3.31. The van der Waals surface area contributed by atoms with Crippen molar-refractivity contribution < 1.29 is 9.53 Å². The smallest absolute Gasteiger partial charge is 0.332 e. The van der Waals surface area contributed by atoms with Crippen molar-refractivity contribution in [2.45, 2.75) is 25.7 Å². The van der Waals surface area contributed by atoms with Crippen molar-refractivity contribution in [3.8, 4) is 17.0 Å². The Hall–Kier alpha value is -3.52. The number of nitrogens with zero attached hydrogens (tertiary/aromatic N) is 4. The van der Waals surface area contributed by atoms with Gasteiger partial charge in [0.05, 0.1) is 7.11 Å². The standard InChI is InChI=1S/C25H24N4O3S/c1-16-3-5-17(6-4-16)18-11-13-28(14-12-18)25(31)29-15-26-22-21(27-33-23(22)24(29)30)19-7-9-20(32-2)10-8-19/h3-10,15,18H,11-14H2,1-2H3. The van der Waals surface area contributed by atoms with Crippen LogP contribution in [0.2, 0.25) is 0 Å². The van der Waals surface area contributed by atoms with Crippen molar-refractivity contribution in [1.82, 2.24) is 18.8 Å². The number of carbonyl (C=O) groups excluding carboxylic acids is 1. The number of piperidine rings is 1. The Morgan fingerprint density at radius 2 is 1.76 bits per heavy atom. The van der Waals surface area contributed by atoms with Gasteiger partial charge in [-0.05, 0) is 67.0 Å². The zero-order valence-corrected chi connectivity index (χ0v) is 19.3. The molecule has 3 heterocycles. The normalized spacial score (nSPS) is 14.5. The van der Waals surface area contributed by atoms with Gasteiger partial charge in [0.1, 0.15) is 28.0 Å². The van der Waals surface area contributed by atoms with E-state index >= 15 is 0 Å². The number of ether oxygens (including phenoxy) is 1. The van der Waals surface area contributed by atoms with Gasteiger partial charge in [-0.3, -0.25) is 4.79 Å². The first kappa shape index (κ1) is 21.3. The molecule has 2 aromatic heterocycles. The summed E-state index contributed by atoms with van der Waals surface area (Å²) in [5, 5.41) is 0. The lowest BCUT2D eigenvalue weighted by molar-refractivity contribution is 0.182. The Morgan fingerprint density at radius 3 is 2.42 bits per heavy atom. The molecule has 0 unspecified atom stereocenters. The highest BCUT2D eigenvalue weighted by atomic mass is 32.1. The molecule has 0 atom stereocenters. The molecule has 1 aliphatic rings. The van der Waals surface area contributed by atoms with Gasteiger partial charge >= 0.3 is 6.03 Å². The number of aromatic nitrogens is 3. The van der Waals surface area contributed by atoms with Gasteiger partial charge in [-0.25, -0.2) is 14.3 Å². The minimum absolute atomic E-state index is 0.323. The molecule has 0 aliphatic carbocycles. The minimum atomic E-state index is -0.372. The first-order chi connectivity index (χ1) is 16.0. The average Bonchev–Trinajstić information content (AvgIpc) is 3.30. The Balaban J connectivity index is 1.35. The molecule has 0 radical (unpaired) electrons. The Labute approximate surface area is 195 Å². The molecule has 1 aliphatic heterocycles. The lowest BCUT2D eigenvalue weighted by atomic mass is 9.89. The van der Waals surface area contributed by atoms with E-state index < -0.39 is 0 Å². The van der Waals surface area contributed by atoms with E-state index in [0.717, 1.165) is 40.3 Å². The number of fused-ring (bicyclic) bond motifs is 1. The van der Waals surface area contributed by atoms with Crippen molar-refractivity contribution >= 4 is 27.8 Å². The molecule has 4 aromatic rings. The van der Waals surface area contributed by atoms with E-state index in [9.17, 15) is 9.59 Å². The van der Waals surface area contributed by atoms with E-state index in [1.165, 1.54) is 17.5 Å². The number of aryl methyl sites for hydroxylation is 1. The van der Waals surface area contributed by atoms with Crippen LogP contribution >= 0.6 is 11.5 Å². The van der Waals surface area contributed by atoms with Crippen molar-refractivity contribution in [2.75, 3.05) is 20.2 Å². The fraction of sp³-hybridized carbons (Fsp3) is 0.280. The highest BCUT2D eigenvalue weighted by molar-refractivity contribution is 7.13. The lowest BCUT2D eigenvalue weighted by Crippen LogP contribution is -2.43. The monoisotopic (exact) mass is 460 g/mol. The Morgan fingerprint density at radius 1 is 1.06 bits per heavy atom. The molecule has 33 heavy (non-hydrogen) atoms. The maximum atomic E-state index is 13.1. The molecular weight excluding hydrogens is 436 g/mol. The number of likely N-dealkylation sites (tertiary alicyclic amines) is 1. The fourth-order valence-electron chi connectivity index (χ4n) is 4.29. The molecule has 168 valence electrons. The molecule has 0 bridgehead atoms. The molecule has 5 rings (SSSR count). The number of methoxy groups -OCH3 is 1. The number of carbonyl (C=O) groups is 1. The van der Waals surface area contributed by atoms with Gasteiger partial charge in [0, 0.05) is 18.7 Å². The van der Waals surface area contributed by atoms with Crippen LogP contribution in [-0.2, 0) is 0 Å². The van der Waals surface area contributed by atoms with Crippen molar-refractivity contribution in [3.63, 3.8) is 0 Å². The molecular formula is C25H24N4O3S. The largest absolute Gasteiger partial charge is 0.497 e. The van der Waals surface area contributed by atoms with Gasteiger partial charge in [0.15, 0.2) is 0 Å². The van der Waals surface area contributed by atoms with Crippen LogP contribution in [0.3, 0.4) is 0 Å². The topological polar surface area (TPSA) is 77.3 Å². The Kier molecular flexibility index (Phi) is 5.68. The van der Waals surface area contributed by atoms with Gasteiger partial charge in [-0.1, -0.05) is 29.8 Å². The number of benzene rings is 2. The zero-order valence-electron chi connectivity index (χ0n) is 18.5. The summed E-state index contributed by atoms with van der Waals surface area (Å²) in [7, 11) is 1.61. The zero-order chi connectivity index (χ0) is 22.9. The van der Waals surface area contributed by atoms with Crippen LogP contribution in [-0.4, -0.2) is 45.1 Å². The molecule has 0 spiro atoms. The molecule has 1 saturated heterocycles. The van der Waals surface area contributed by atoms with Crippen LogP contribution in [0.4, 0.5) is 4.79 Å².